The molecule has 18 heavy (non-hydrogen) atoms. The van der Waals surface area contributed by atoms with Crippen molar-refractivity contribution in [3.05, 3.63) is 23.3 Å². The molecule has 0 atom stereocenters. The molecule has 0 aliphatic rings. The number of hydrogen-bond donors (Lipinski definition) is 2. The largest absolute Gasteiger partial charge is 0.478 e. The first kappa shape index (κ1) is 13.9. The fourth-order valence-electron chi connectivity index (χ4n) is 1.30. The van der Waals surface area contributed by atoms with Crippen LogP contribution < -0.4 is 5.32 Å². The Balaban J connectivity index is 2.67. The molecule has 1 rings (SSSR count). The summed E-state index contributed by atoms with van der Waals surface area (Å²) in [5.74, 6) is -0.883. The van der Waals surface area contributed by atoms with Gasteiger partial charge in [-0.1, -0.05) is 0 Å². The van der Waals surface area contributed by atoms with Crippen LogP contribution in [0.2, 0.25) is 0 Å². The molecule has 0 saturated heterocycles. The van der Waals surface area contributed by atoms with E-state index in [4.69, 9.17) is 5.11 Å². The second kappa shape index (κ2) is 5.95. The van der Waals surface area contributed by atoms with Crippen LogP contribution in [0.25, 0.3) is 0 Å². The molecule has 1 aromatic heterocycles. The van der Waals surface area contributed by atoms with Gasteiger partial charge in [-0.3, -0.25) is 4.79 Å². The molecule has 1 aromatic rings. The van der Waals surface area contributed by atoms with E-state index in [0.29, 0.717) is 12.4 Å². The van der Waals surface area contributed by atoms with Crippen LogP contribution in [0.4, 0.5) is 0 Å². The van der Waals surface area contributed by atoms with Gasteiger partial charge < -0.3 is 15.0 Å². The normalized spacial score (nSPS) is 11.9. The molecule has 0 spiro atoms. The molecule has 0 unspecified atom stereocenters. The summed E-state index contributed by atoms with van der Waals surface area (Å²) in [6, 6.07) is 0. The second-order valence-corrected chi connectivity index (χ2v) is 3.77. The van der Waals surface area contributed by atoms with E-state index in [-0.39, 0.29) is 17.7 Å². The van der Waals surface area contributed by atoms with Gasteiger partial charge in [0, 0.05) is 17.7 Å². The van der Waals surface area contributed by atoms with Gasteiger partial charge in [0.05, 0.1) is 6.54 Å². The monoisotopic (exact) mass is 252 g/mol. The van der Waals surface area contributed by atoms with Crippen molar-refractivity contribution in [3.8, 4) is 0 Å². The van der Waals surface area contributed by atoms with Gasteiger partial charge in [0.2, 0.25) is 5.91 Å². The maximum Gasteiger partial charge on any atom is 0.331 e. The number of carboxylic acid groups (broad SMARTS) is 1. The molecule has 0 aliphatic heterocycles. The molecular weight excluding hydrogens is 236 g/mol. The first-order chi connectivity index (χ1) is 8.47. The lowest BCUT2D eigenvalue weighted by Gasteiger charge is -2.07. The van der Waals surface area contributed by atoms with Crippen LogP contribution in [0.5, 0.6) is 0 Å². The third kappa shape index (κ3) is 3.16. The lowest BCUT2D eigenvalue weighted by Crippen LogP contribution is -2.26. The highest BCUT2D eigenvalue weighted by molar-refractivity contribution is 6.01. The number of aromatic nitrogens is 3. The van der Waals surface area contributed by atoms with Gasteiger partial charge in [0.25, 0.3) is 0 Å². The quantitative estimate of drug-likeness (QED) is 0.736. The Kier molecular flexibility index (Phi) is 4.59. The van der Waals surface area contributed by atoms with E-state index in [1.54, 1.807) is 10.9 Å². The summed E-state index contributed by atoms with van der Waals surface area (Å²) in [7, 11) is 0. The summed E-state index contributed by atoms with van der Waals surface area (Å²) in [4.78, 5) is 22.4. The highest BCUT2D eigenvalue weighted by atomic mass is 16.4. The molecule has 98 valence electrons. The minimum absolute atomic E-state index is 0.0319. The van der Waals surface area contributed by atoms with Gasteiger partial charge in [0.15, 0.2) is 5.82 Å². The van der Waals surface area contributed by atoms with Crippen molar-refractivity contribution < 1.29 is 14.7 Å². The number of carbonyl (C=O) groups excluding carboxylic acids is 1. The zero-order valence-corrected chi connectivity index (χ0v) is 10.6. The molecular formula is C11H16N4O3. The van der Waals surface area contributed by atoms with Gasteiger partial charge in [-0.25, -0.2) is 4.79 Å². The maximum absolute atomic E-state index is 11.7. The van der Waals surface area contributed by atoms with Crippen LogP contribution in [-0.2, 0) is 22.7 Å². The molecule has 2 N–H and O–H groups in total. The van der Waals surface area contributed by atoms with Gasteiger partial charge in [-0.05, 0) is 20.8 Å². The molecule has 1 heterocycles. The number of nitrogens with zero attached hydrogens (tertiary/aromatic N) is 3. The van der Waals surface area contributed by atoms with Crippen LogP contribution in [-0.4, -0.2) is 31.7 Å². The third-order valence-electron chi connectivity index (χ3n) is 2.67. The maximum atomic E-state index is 11.7. The Labute approximate surface area is 105 Å². The van der Waals surface area contributed by atoms with Crippen LogP contribution in [0.3, 0.4) is 0 Å². The fraction of sp³-hybridized carbons (Fsp3) is 0.455. The highest BCUT2D eigenvalue weighted by Gasteiger charge is 2.13. The minimum atomic E-state index is -1.10. The molecule has 0 aromatic carbocycles. The summed E-state index contributed by atoms with van der Waals surface area (Å²) < 4.78 is 1.80. The van der Waals surface area contributed by atoms with Gasteiger partial charge in [0.1, 0.15) is 6.33 Å². The molecule has 1 amide bonds. The lowest BCUT2D eigenvalue weighted by molar-refractivity contribution is -0.133. The number of aliphatic carboxylic acids is 1. The first-order valence-corrected chi connectivity index (χ1v) is 5.53. The smallest absolute Gasteiger partial charge is 0.331 e. The summed E-state index contributed by atoms with van der Waals surface area (Å²) >= 11 is 0. The van der Waals surface area contributed by atoms with E-state index in [1.807, 2.05) is 6.92 Å². The van der Waals surface area contributed by atoms with Crippen LogP contribution in [0.1, 0.15) is 26.6 Å². The van der Waals surface area contributed by atoms with E-state index < -0.39 is 11.9 Å². The second-order valence-electron chi connectivity index (χ2n) is 3.77. The minimum Gasteiger partial charge on any atom is -0.478 e. The molecule has 0 radical (unpaired) electrons. The van der Waals surface area contributed by atoms with Crippen molar-refractivity contribution in [2.75, 3.05) is 0 Å². The van der Waals surface area contributed by atoms with Crippen molar-refractivity contribution in [3.63, 3.8) is 0 Å². The van der Waals surface area contributed by atoms with E-state index in [2.05, 4.69) is 15.5 Å². The summed E-state index contributed by atoms with van der Waals surface area (Å²) in [5, 5.41) is 19.0. The van der Waals surface area contributed by atoms with Crippen LogP contribution in [0, 0.1) is 0 Å². The fourth-order valence-corrected chi connectivity index (χ4v) is 1.30. The van der Waals surface area contributed by atoms with Crippen LogP contribution >= 0.6 is 0 Å². The van der Waals surface area contributed by atoms with Crippen LogP contribution in [0.15, 0.2) is 17.5 Å². The average Bonchev–Trinajstić information content (AvgIpc) is 2.81. The summed E-state index contributed by atoms with van der Waals surface area (Å²) in [6.45, 7) is 5.74. The highest BCUT2D eigenvalue weighted by Crippen LogP contribution is 2.04. The molecule has 0 aliphatic carbocycles. The number of hydrogen-bond acceptors (Lipinski definition) is 4. The molecule has 0 bridgehead atoms. The van der Waals surface area contributed by atoms with E-state index in [0.717, 1.165) is 0 Å². The average molecular weight is 252 g/mol. The number of amides is 1. The number of carbonyl (C=O) groups is 2. The molecule has 0 fully saturated rings. The van der Waals surface area contributed by atoms with Gasteiger partial charge >= 0.3 is 5.97 Å². The number of aryl methyl sites for hydroxylation is 1. The lowest BCUT2D eigenvalue weighted by atomic mass is 10.1. The Morgan fingerprint density at radius 1 is 1.39 bits per heavy atom. The Morgan fingerprint density at radius 2 is 2.06 bits per heavy atom. The number of rotatable bonds is 5. The van der Waals surface area contributed by atoms with Crippen molar-refractivity contribution in [1.29, 1.82) is 0 Å². The molecule has 7 heteroatoms. The summed E-state index contributed by atoms with van der Waals surface area (Å²) in [6.07, 6.45) is 1.58. The Morgan fingerprint density at radius 3 is 2.61 bits per heavy atom. The zero-order valence-electron chi connectivity index (χ0n) is 10.6. The van der Waals surface area contributed by atoms with Gasteiger partial charge in [-0.15, -0.1) is 10.2 Å². The SMILES string of the molecule is CCn1cnnc1CNC(=O)C(C)=C(C)C(=O)O. The van der Waals surface area contributed by atoms with E-state index >= 15 is 0 Å². The van der Waals surface area contributed by atoms with Gasteiger partial charge in [-0.2, -0.15) is 0 Å². The topological polar surface area (TPSA) is 97.1 Å². The number of carboxylic acids is 1. The van der Waals surface area contributed by atoms with E-state index in [1.165, 1.54) is 13.8 Å². The predicted octanol–water partition coefficient (Wildman–Crippen LogP) is 0.335. The standard InChI is InChI=1S/C11H16N4O3/c1-4-15-6-13-14-9(15)5-12-10(16)7(2)8(3)11(17)18/h6H,4-5H2,1-3H3,(H,12,16)(H,17,18). The molecule has 7 nitrogen and oxygen atoms in total. The van der Waals surface area contributed by atoms with Crippen molar-refractivity contribution in [2.24, 2.45) is 0 Å². The summed E-state index contributed by atoms with van der Waals surface area (Å²) in [5.41, 5.74) is 0.217. The Bertz CT molecular complexity index is 490. The zero-order chi connectivity index (χ0) is 13.7. The van der Waals surface area contributed by atoms with Crippen molar-refractivity contribution >= 4 is 11.9 Å². The van der Waals surface area contributed by atoms with Crippen molar-refractivity contribution in [2.45, 2.75) is 33.9 Å². The number of nitrogens with one attached hydrogen (secondary N) is 1. The third-order valence-corrected chi connectivity index (χ3v) is 2.67. The Hall–Kier alpha value is -2.18. The first-order valence-electron chi connectivity index (χ1n) is 5.53. The molecule has 0 saturated carbocycles. The van der Waals surface area contributed by atoms with E-state index in [9.17, 15) is 9.59 Å². The predicted molar refractivity (Wildman–Crippen MR) is 63.6 cm³/mol. The van der Waals surface area contributed by atoms with Crippen molar-refractivity contribution in [1.82, 2.24) is 20.1 Å².